The Morgan fingerprint density at radius 1 is 1.61 bits per heavy atom. The quantitative estimate of drug-likeness (QED) is 0.899. The molecule has 1 saturated heterocycles. The maximum absolute atomic E-state index is 9.05. The van der Waals surface area contributed by atoms with E-state index < -0.39 is 0 Å². The van der Waals surface area contributed by atoms with Crippen molar-refractivity contribution in [3.05, 3.63) is 16.2 Å². The SMILES string of the molecule is Cc1c(N)cnc(N2CCCC(CCO)C2)c1Br. The van der Waals surface area contributed by atoms with Crippen LogP contribution in [-0.2, 0) is 0 Å². The summed E-state index contributed by atoms with van der Waals surface area (Å²) in [6.45, 7) is 4.26. The van der Waals surface area contributed by atoms with E-state index >= 15 is 0 Å². The molecule has 1 aromatic rings. The number of nitrogens with two attached hydrogens (primary N) is 1. The zero-order chi connectivity index (χ0) is 13.1. The molecular formula is C13H20BrN3O. The van der Waals surface area contributed by atoms with Crippen molar-refractivity contribution < 1.29 is 5.11 Å². The highest BCUT2D eigenvalue weighted by atomic mass is 79.9. The van der Waals surface area contributed by atoms with E-state index in [1.165, 1.54) is 6.42 Å². The molecular weight excluding hydrogens is 294 g/mol. The first kappa shape index (κ1) is 13.6. The van der Waals surface area contributed by atoms with Crippen LogP contribution >= 0.6 is 15.9 Å². The van der Waals surface area contributed by atoms with Crippen LogP contribution in [0.3, 0.4) is 0 Å². The summed E-state index contributed by atoms with van der Waals surface area (Å²) in [5, 5.41) is 9.05. The van der Waals surface area contributed by atoms with Crippen LogP contribution in [0.4, 0.5) is 11.5 Å². The molecule has 2 rings (SSSR count). The van der Waals surface area contributed by atoms with E-state index in [0.29, 0.717) is 5.92 Å². The van der Waals surface area contributed by atoms with Gasteiger partial charge >= 0.3 is 0 Å². The van der Waals surface area contributed by atoms with E-state index in [4.69, 9.17) is 10.8 Å². The molecule has 1 aliphatic rings. The number of piperidine rings is 1. The number of halogens is 1. The Hall–Kier alpha value is -0.810. The Morgan fingerprint density at radius 3 is 3.11 bits per heavy atom. The highest BCUT2D eigenvalue weighted by Crippen LogP contribution is 2.33. The molecule has 0 spiro atoms. The first-order valence-corrected chi connectivity index (χ1v) is 7.19. The van der Waals surface area contributed by atoms with Crippen molar-refractivity contribution in [2.45, 2.75) is 26.2 Å². The average molecular weight is 314 g/mol. The number of rotatable bonds is 3. The molecule has 5 heteroatoms. The van der Waals surface area contributed by atoms with Crippen molar-refractivity contribution in [3.8, 4) is 0 Å². The summed E-state index contributed by atoms with van der Waals surface area (Å²) in [4.78, 5) is 6.74. The highest BCUT2D eigenvalue weighted by Gasteiger charge is 2.22. The van der Waals surface area contributed by atoms with Gasteiger partial charge in [0, 0.05) is 19.7 Å². The predicted molar refractivity (Wildman–Crippen MR) is 77.7 cm³/mol. The summed E-state index contributed by atoms with van der Waals surface area (Å²) in [6.07, 6.45) is 4.96. The summed E-state index contributed by atoms with van der Waals surface area (Å²) in [5.74, 6) is 1.54. The van der Waals surface area contributed by atoms with Crippen LogP contribution in [0.15, 0.2) is 10.7 Å². The third-order valence-electron chi connectivity index (χ3n) is 3.64. The van der Waals surface area contributed by atoms with Gasteiger partial charge in [0.2, 0.25) is 0 Å². The number of anilines is 2. The zero-order valence-corrected chi connectivity index (χ0v) is 12.3. The van der Waals surface area contributed by atoms with Crippen LogP contribution in [0, 0.1) is 12.8 Å². The monoisotopic (exact) mass is 313 g/mol. The lowest BCUT2D eigenvalue weighted by atomic mass is 9.95. The fourth-order valence-electron chi connectivity index (χ4n) is 2.47. The van der Waals surface area contributed by atoms with E-state index in [-0.39, 0.29) is 6.61 Å². The van der Waals surface area contributed by atoms with E-state index in [1.807, 2.05) is 6.92 Å². The van der Waals surface area contributed by atoms with E-state index in [0.717, 1.165) is 47.5 Å². The van der Waals surface area contributed by atoms with Crippen molar-refractivity contribution in [3.63, 3.8) is 0 Å². The second kappa shape index (κ2) is 5.89. The second-order valence-corrected chi connectivity index (χ2v) is 5.74. The molecule has 2 heterocycles. The maximum atomic E-state index is 9.05. The van der Waals surface area contributed by atoms with E-state index in [1.54, 1.807) is 6.20 Å². The van der Waals surface area contributed by atoms with Crippen LogP contribution in [0.5, 0.6) is 0 Å². The van der Waals surface area contributed by atoms with E-state index in [9.17, 15) is 0 Å². The molecule has 3 N–H and O–H groups in total. The highest BCUT2D eigenvalue weighted by molar-refractivity contribution is 9.10. The number of pyridine rings is 1. The number of aromatic nitrogens is 1. The minimum atomic E-state index is 0.272. The Morgan fingerprint density at radius 2 is 2.39 bits per heavy atom. The summed E-state index contributed by atoms with van der Waals surface area (Å²) in [7, 11) is 0. The predicted octanol–water partition coefficient (Wildman–Crippen LogP) is 2.33. The molecule has 0 aliphatic carbocycles. The minimum absolute atomic E-state index is 0.272. The summed E-state index contributed by atoms with van der Waals surface area (Å²) >= 11 is 3.59. The standard InChI is InChI=1S/C13H20BrN3O/c1-9-11(15)7-16-13(12(9)14)17-5-2-3-10(8-17)4-6-18/h7,10,18H,2-6,8,15H2,1H3. The van der Waals surface area contributed by atoms with Crippen LogP contribution < -0.4 is 10.6 Å². The third-order valence-corrected chi connectivity index (χ3v) is 4.59. The molecule has 0 aromatic carbocycles. The first-order chi connectivity index (χ1) is 8.63. The molecule has 1 fully saturated rings. The molecule has 100 valence electrons. The van der Waals surface area contributed by atoms with Crippen LogP contribution in [-0.4, -0.2) is 29.8 Å². The number of aliphatic hydroxyl groups is 1. The maximum Gasteiger partial charge on any atom is 0.143 e. The molecule has 0 radical (unpaired) electrons. The van der Waals surface area contributed by atoms with Gasteiger partial charge in [-0.2, -0.15) is 0 Å². The molecule has 1 unspecified atom stereocenters. The molecule has 1 aromatic heterocycles. The van der Waals surface area contributed by atoms with Gasteiger partial charge in [-0.05, 0) is 53.6 Å². The molecule has 0 saturated carbocycles. The summed E-state index contributed by atoms with van der Waals surface area (Å²) in [5.41, 5.74) is 7.61. The molecule has 1 aliphatic heterocycles. The van der Waals surface area contributed by atoms with Crippen LogP contribution in [0.2, 0.25) is 0 Å². The largest absolute Gasteiger partial charge is 0.397 e. The number of nitrogen functional groups attached to an aromatic ring is 1. The van der Waals surface area contributed by atoms with Gasteiger partial charge in [-0.3, -0.25) is 0 Å². The summed E-state index contributed by atoms with van der Waals surface area (Å²) in [6, 6.07) is 0. The van der Waals surface area contributed by atoms with Gasteiger partial charge in [0.05, 0.1) is 16.4 Å². The lowest BCUT2D eigenvalue weighted by Crippen LogP contribution is -2.36. The topological polar surface area (TPSA) is 62.4 Å². The van der Waals surface area contributed by atoms with Gasteiger partial charge in [0.25, 0.3) is 0 Å². The van der Waals surface area contributed by atoms with Gasteiger partial charge in [0.15, 0.2) is 0 Å². The fraction of sp³-hybridized carbons (Fsp3) is 0.615. The van der Waals surface area contributed by atoms with Crippen molar-refractivity contribution in [1.29, 1.82) is 0 Å². The fourth-order valence-corrected chi connectivity index (χ4v) is 3.06. The molecule has 1 atom stereocenters. The average Bonchev–Trinajstić information content (AvgIpc) is 2.37. The van der Waals surface area contributed by atoms with Gasteiger partial charge in [0.1, 0.15) is 5.82 Å². The molecule has 4 nitrogen and oxygen atoms in total. The number of hydrogen-bond acceptors (Lipinski definition) is 4. The summed E-state index contributed by atoms with van der Waals surface area (Å²) < 4.78 is 0.993. The number of hydrogen-bond donors (Lipinski definition) is 2. The number of aliphatic hydroxyl groups excluding tert-OH is 1. The first-order valence-electron chi connectivity index (χ1n) is 6.40. The third kappa shape index (κ3) is 2.78. The van der Waals surface area contributed by atoms with Crippen LogP contribution in [0.25, 0.3) is 0 Å². The van der Waals surface area contributed by atoms with Crippen molar-refractivity contribution >= 4 is 27.4 Å². The number of nitrogens with zero attached hydrogens (tertiary/aromatic N) is 2. The lowest BCUT2D eigenvalue weighted by molar-refractivity contribution is 0.244. The normalized spacial score (nSPS) is 20.2. The zero-order valence-electron chi connectivity index (χ0n) is 10.7. The van der Waals surface area contributed by atoms with Crippen molar-refractivity contribution in [1.82, 2.24) is 4.98 Å². The van der Waals surface area contributed by atoms with Crippen molar-refractivity contribution in [2.75, 3.05) is 30.3 Å². The Labute approximate surface area is 116 Å². The Balaban J connectivity index is 2.18. The Kier molecular flexibility index (Phi) is 4.45. The van der Waals surface area contributed by atoms with Gasteiger partial charge < -0.3 is 15.7 Å². The van der Waals surface area contributed by atoms with Crippen LogP contribution in [0.1, 0.15) is 24.8 Å². The van der Waals surface area contributed by atoms with Gasteiger partial charge in [-0.1, -0.05) is 0 Å². The Bertz CT molecular complexity index is 423. The molecule has 0 amide bonds. The van der Waals surface area contributed by atoms with Gasteiger partial charge in [-0.15, -0.1) is 0 Å². The lowest BCUT2D eigenvalue weighted by Gasteiger charge is -2.34. The minimum Gasteiger partial charge on any atom is -0.397 e. The molecule has 0 bridgehead atoms. The van der Waals surface area contributed by atoms with Crippen molar-refractivity contribution in [2.24, 2.45) is 5.92 Å². The second-order valence-electron chi connectivity index (χ2n) is 4.94. The van der Waals surface area contributed by atoms with Gasteiger partial charge in [-0.25, -0.2) is 4.98 Å². The smallest absolute Gasteiger partial charge is 0.143 e. The van der Waals surface area contributed by atoms with E-state index in [2.05, 4.69) is 25.8 Å². The molecule has 18 heavy (non-hydrogen) atoms.